The third-order valence-corrected chi connectivity index (χ3v) is 14.6. The van der Waals surface area contributed by atoms with Crippen LogP contribution in [-0.4, -0.2) is 48.3 Å². The van der Waals surface area contributed by atoms with Crippen molar-refractivity contribution in [3.8, 4) is 18.2 Å². The van der Waals surface area contributed by atoms with E-state index in [9.17, 15) is 25.3 Å². The Labute approximate surface area is 229 Å². The number of nitriles is 3. The van der Waals surface area contributed by atoms with Crippen LogP contribution in [0.5, 0.6) is 0 Å². The van der Waals surface area contributed by atoms with Crippen molar-refractivity contribution in [1.82, 2.24) is 14.2 Å². The molecule has 0 heterocycles. The van der Waals surface area contributed by atoms with E-state index >= 15 is 0 Å². The molecule has 0 saturated heterocycles. The van der Waals surface area contributed by atoms with Crippen molar-refractivity contribution in [2.45, 2.75) is 107 Å². The van der Waals surface area contributed by atoms with Crippen LogP contribution in [0.2, 0.25) is 0 Å². The summed E-state index contributed by atoms with van der Waals surface area (Å²) in [4.78, 5) is 0. The van der Waals surface area contributed by atoms with Crippen molar-refractivity contribution in [2.75, 3.05) is 19.6 Å². The van der Waals surface area contributed by atoms with E-state index in [4.69, 9.17) is 15.8 Å². The summed E-state index contributed by atoms with van der Waals surface area (Å²) in [5.41, 5.74) is 0. The minimum absolute atomic E-state index is 0.0417. The molecule has 0 spiro atoms. The van der Waals surface area contributed by atoms with Gasteiger partial charge in [0.1, 0.15) is 0 Å². The van der Waals surface area contributed by atoms with Gasteiger partial charge in [-0.3, -0.25) is 0 Å². The molecule has 0 aliphatic rings. The molecule has 0 saturated carbocycles. The lowest BCUT2D eigenvalue weighted by Crippen LogP contribution is -2.63. The largest absolute Gasteiger partial charge is 0.313 e. The van der Waals surface area contributed by atoms with Gasteiger partial charge < -0.3 is 0 Å². The molecule has 3 N–H and O–H groups in total. The second-order valence-electron chi connectivity index (χ2n) is 8.89. The van der Waals surface area contributed by atoms with Crippen molar-refractivity contribution >= 4 is 30.1 Å². The molecule has 38 heavy (non-hydrogen) atoms. The molecule has 0 bridgehead atoms. The van der Waals surface area contributed by atoms with Gasteiger partial charge in [-0.15, -0.1) is 0 Å². The van der Waals surface area contributed by atoms with E-state index in [2.05, 4.69) is 14.2 Å². The van der Waals surface area contributed by atoms with Crippen molar-refractivity contribution in [3.63, 3.8) is 0 Å². The molecule has 15 heteroatoms. The highest BCUT2D eigenvalue weighted by Gasteiger charge is 2.64. The molecular weight excluding hydrogens is 552 g/mol. The Morgan fingerprint density at radius 2 is 0.868 bits per heavy atom. The molecule has 0 radical (unpaired) electrons. The average molecular weight is 595 g/mol. The normalized spacial score (nSPS) is 12.5. The summed E-state index contributed by atoms with van der Waals surface area (Å²) in [6.07, 6.45) is 4.51. The van der Waals surface area contributed by atoms with Crippen LogP contribution in [0.4, 0.5) is 0 Å². The molecule has 218 valence electrons. The second kappa shape index (κ2) is 19.3. The molecule has 0 aliphatic heterocycles. The number of sulfonamides is 3. The van der Waals surface area contributed by atoms with Gasteiger partial charge in [0.05, 0.1) is 18.2 Å². The SMILES string of the molecule is CCCCCCCC(S(=O)(=O)NCCCCC#N)(S(=O)(=O)NCCCCC#N)S(=O)(=O)NCCCCC#N. The van der Waals surface area contributed by atoms with E-state index in [0.717, 1.165) is 12.8 Å². The van der Waals surface area contributed by atoms with Gasteiger partial charge in [0.2, 0.25) is 30.1 Å². The standard InChI is InChI=1S/C23H42N6O6S3/c1-2-3-4-5-9-16-23(36(30,31)27-20-13-6-10-17-24,37(32,33)28-21-14-7-11-18-25)38(34,35)29-22-15-8-12-19-26/h27-29H,2-16,20-22H2,1H3. The van der Waals surface area contributed by atoms with Gasteiger partial charge in [0.25, 0.3) is 0 Å². The number of nitrogens with zero attached hydrogens (tertiary/aromatic N) is 3. The van der Waals surface area contributed by atoms with E-state index in [-0.39, 0.29) is 64.6 Å². The molecule has 0 unspecified atom stereocenters. The van der Waals surface area contributed by atoms with Crippen molar-refractivity contribution < 1.29 is 25.3 Å². The molecule has 0 aromatic carbocycles. The van der Waals surface area contributed by atoms with Crippen LogP contribution in [0.15, 0.2) is 0 Å². The number of rotatable bonds is 24. The Hall–Kier alpha value is -1.80. The van der Waals surface area contributed by atoms with Gasteiger partial charge in [0, 0.05) is 45.3 Å². The number of hydrogen-bond donors (Lipinski definition) is 3. The number of nitrogens with one attached hydrogen (secondary N) is 3. The molecule has 12 nitrogen and oxygen atoms in total. The minimum Gasteiger partial charge on any atom is -0.213 e. The molecule has 0 aromatic rings. The maximum atomic E-state index is 13.7. The molecule has 0 fully saturated rings. The fourth-order valence-corrected chi connectivity index (χ4v) is 11.4. The lowest BCUT2D eigenvalue weighted by molar-refractivity contribution is 0.507. The summed E-state index contributed by atoms with van der Waals surface area (Å²) in [6.45, 7) is 1.30. The van der Waals surface area contributed by atoms with Crippen molar-refractivity contribution in [1.29, 1.82) is 15.8 Å². The summed E-state index contributed by atoms with van der Waals surface area (Å²) in [5, 5.41) is 26.1. The maximum Gasteiger partial charge on any atom is 0.313 e. The highest BCUT2D eigenvalue weighted by atomic mass is 32.3. The quantitative estimate of drug-likeness (QED) is 0.140. The zero-order chi connectivity index (χ0) is 29.0. The summed E-state index contributed by atoms with van der Waals surface area (Å²) in [7, 11) is -15.0. The van der Waals surface area contributed by atoms with E-state index in [0.29, 0.717) is 32.1 Å². The summed E-state index contributed by atoms with van der Waals surface area (Å²) >= 11 is 0. The Morgan fingerprint density at radius 3 is 1.18 bits per heavy atom. The molecule has 0 atom stereocenters. The molecule has 0 aliphatic carbocycles. The molecule has 0 aromatic heterocycles. The van der Waals surface area contributed by atoms with Crippen LogP contribution in [-0.2, 0) is 30.1 Å². The first kappa shape index (κ1) is 36.2. The van der Waals surface area contributed by atoms with Gasteiger partial charge in [-0.25, -0.2) is 39.4 Å². The second-order valence-corrected chi connectivity index (χ2v) is 15.6. The first-order valence-electron chi connectivity index (χ1n) is 13.1. The number of hydrogen-bond acceptors (Lipinski definition) is 9. The zero-order valence-electron chi connectivity index (χ0n) is 22.2. The van der Waals surface area contributed by atoms with Crippen LogP contribution in [0.25, 0.3) is 0 Å². The third-order valence-electron chi connectivity index (χ3n) is 5.84. The zero-order valence-corrected chi connectivity index (χ0v) is 24.7. The van der Waals surface area contributed by atoms with Crippen LogP contribution >= 0.6 is 0 Å². The van der Waals surface area contributed by atoms with E-state index < -0.39 is 39.9 Å². The van der Waals surface area contributed by atoms with E-state index in [1.165, 1.54) is 0 Å². The molecule has 0 rings (SSSR count). The average Bonchev–Trinajstić information content (AvgIpc) is 2.85. The fraction of sp³-hybridized carbons (Fsp3) is 0.870. The van der Waals surface area contributed by atoms with Crippen molar-refractivity contribution in [2.24, 2.45) is 0 Å². The monoisotopic (exact) mass is 594 g/mol. The molecule has 0 amide bonds. The van der Waals surface area contributed by atoms with Gasteiger partial charge in [0.15, 0.2) is 0 Å². The highest BCUT2D eigenvalue weighted by Crippen LogP contribution is 2.35. The van der Waals surface area contributed by atoms with Crippen LogP contribution in [0, 0.1) is 34.0 Å². The van der Waals surface area contributed by atoms with Gasteiger partial charge in [-0.1, -0.05) is 32.6 Å². The predicted octanol–water partition coefficient (Wildman–Crippen LogP) is 2.84. The third kappa shape index (κ3) is 11.5. The Morgan fingerprint density at radius 1 is 0.526 bits per heavy atom. The topological polar surface area (TPSA) is 210 Å². The van der Waals surface area contributed by atoms with E-state index in [1.54, 1.807) is 0 Å². The van der Waals surface area contributed by atoms with Crippen LogP contribution < -0.4 is 14.2 Å². The van der Waals surface area contributed by atoms with Crippen LogP contribution in [0.3, 0.4) is 0 Å². The smallest absolute Gasteiger partial charge is 0.213 e. The predicted molar refractivity (Wildman–Crippen MR) is 145 cm³/mol. The number of unbranched alkanes of at least 4 members (excludes halogenated alkanes) is 10. The Bertz CT molecular complexity index is 988. The van der Waals surface area contributed by atoms with Crippen molar-refractivity contribution in [3.05, 3.63) is 0 Å². The summed E-state index contributed by atoms with van der Waals surface area (Å²) < 4.78 is 85.3. The minimum atomic E-state index is -5.01. The van der Waals surface area contributed by atoms with Gasteiger partial charge in [-0.2, -0.15) is 15.8 Å². The lowest BCUT2D eigenvalue weighted by Gasteiger charge is -2.32. The summed E-state index contributed by atoms with van der Waals surface area (Å²) in [6, 6.07) is 5.80. The lowest BCUT2D eigenvalue weighted by atomic mass is 10.1. The van der Waals surface area contributed by atoms with Gasteiger partial charge >= 0.3 is 3.41 Å². The highest BCUT2D eigenvalue weighted by molar-refractivity contribution is 8.24. The summed E-state index contributed by atoms with van der Waals surface area (Å²) in [5.74, 6) is 0. The van der Waals surface area contributed by atoms with Crippen LogP contribution in [0.1, 0.15) is 103 Å². The molecular formula is C23H42N6O6S3. The van der Waals surface area contributed by atoms with Gasteiger partial charge in [-0.05, 0) is 44.9 Å². The maximum absolute atomic E-state index is 13.7. The first-order valence-corrected chi connectivity index (χ1v) is 17.5. The Kier molecular flexibility index (Phi) is 18.4. The van der Waals surface area contributed by atoms with E-state index in [1.807, 2.05) is 25.1 Å². The Balaban J connectivity index is 6.40. The fourth-order valence-electron chi connectivity index (χ4n) is 3.72. The first-order chi connectivity index (χ1) is 18.0.